The van der Waals surface area contributed by atoms with E-state index in [-0.39, 0.29) is 0 Å². The number of rotatable bonds is 1. The molecule has 0 aliphatic rings. The summed E-state index contributed by atoms with van der Waals surface area (Å²) in [6, 6.07) is 10.2. The number of fused-ring (bicyclic) bond motifs is 1. The lowest BCUT2D eigenvalue weighted by Crippen LogP contribution is -2.04. The van der Waals surface area contributed by atoms with Crippen molar-refractivity contribution in [2.24, 2.45) is 0 Å². The van der Waals surface area contributed by atoms with Gasteiger partial charge >= 0.3 is 0 Å². The summed E-state index contributed by atoms with van der Waals surface area (Å²) in [7, 11) is 0. The molecule has 0 amide bonds. The second kappa shape index (κ2) is 3.90. The van der Waals surface area contributed by atoms with Crippen LogP contribution in [0, 0.1) is 0 Å². The number of hydrogen-bond acceptors (Lipinski definition) is 1. The maximum Gasteiger partial charge on any atom is 0.195 e. The molecule has 0 saturated carbocycles. The predicted octanol–water partition coefficient (Wildman–Crippen LogP) is 4.81. The zero-order valence-electron chi connectivity index (χ0n) is 7.14. The Labute approximate surface area is 101 Å². The Kier molecular flexibility index (Phi) is 2.94. The van der Waals surface area contributed by atoms with E-state index in [0.717, 1.165) is 4.88 Å². The zero-order valence-corrected chi connectivity index (χ0v) is 10.2. The number of alkyl halides is 3. The quantitative estimate of drug-likeness (QED) is 0.649. The van der Waals surface area contributed by atoms with Crippen LogP contribution in [0.15, 0.2) is 30.3 Å². The Morgan fingerprint density at radius 3 is 2.50 bits per heavy atom. The van der Waals surface area contributed by atoms with E-state index in [1.807, 2.05) is 12.1 Å². The second-order valence-corrected chi connectivity index (χ2v) is 6.73. The topological polar surface area (TPSA) is 0 Å². The van der Waals surface area contributed by atoms with Gasteiger partial charge < -0.3 is 0 Å². The third-order valence-electron chi connectivity index (χ3n) is 1.85. The molecule has 2 rings (SSSR count). The minimum Gasteiger partial charge on any atom is -0.140 e. The van der Waals surface area contributed by atoms with E-state index >= 15 is 0 Å². The van der Waals surface area contributed by atoms with Crippen molar-refractivity contribution in [1.82, 2.24) is 0 Å². The standard InChI is InChI=1S/C10H7Cl3S/c11-10(12,13)6-8-5-7-3-1-2-4-9(7)14-8/h1-5H,6H2. The van der Waals surface area contributed by atoms with E-state index < -0.39 is 3.79 Å². The first kappa shape index (κ1) is 10.6. The van der Waals surface area contributed by atoms with Gasteiger partial charge in [-0.2, -0.15) is 0 Å². The van der Waals surface area contributed by atoms with Gasteiger partial charge in [-0.15, -0.1) is 11.3 Å². The summed E-state index contributed by atoms with van der Waals surface area (Å²) in [5.74, 6) is 0. The SMILES string of the molecule is ClC(Cl)(Cl)Cc1cc2ccccc2s1. The summed E-state index contributed by atoms with van der Waals surface area (Å²) in [6.07, 6.45) is 0.469. The Morgan fingerprint density at radius 1 is 1.14 bits per heavy atom. The van der Waals surface area contributed by atoms with Crippen LogP contribution in [0.4, 0.5) is 0 Å². The molecule has 0 aliphatic heterocycles. The fourth-order valence-electron chi connectivity index (χ4n) is 1.32. The van der Waals surface area contributed by atoms with E-state index in [1.54, 1.807) is 11.3 Å². The largest absolute Gasteiger partial charge is 0.195 e. The van der Waals surface area contributed by atoms with Crippen LogP contribution in [-0.4, -0.2) is 3.79 Å². The van der Waals surface area contributed by atoms with Gasteiger partial charge in [0.2, 0.25) is 0 Å². The highest BCUT2D eigenvalue weighted by Gasteiger charge is 2.21. The third-order valence-corrected chi connectivity index (χ3v) is 3.37. The van der Waals surface area contributed by atoms with E-state index in [2.05, 4.69) is 18.2 Å². The first-order chi connectivity index (χ1) is 6.54. The molecule has 2 aromatic rings. The molecule has 0 nitrogen and oxygen atoms in total. The monoisotopic (exact) mass is 264 g/mol. The van der Waals surface area contributed by atoms with Gasteiger partial charge in [0.15, 0.2) is 3.79 Å². The average Bonchev–Trinajstić information content (AvgIpc) is 2.42. The van der Waals surface area contributed by atoms with Crippen molar-refractivity contribution in [2.45, 2.75) is 10.2 Å². The minimum atomic E-state index is -1.19. The molecule has 14 heavy (non-hydrogen) atoms. The number of thiophene rings is 1. The Balaban J connectivity index is 2.36. The van der Waals surface area contributed by atoms with Crippen molar-refractivity contribution in [3.05, 3.63) is 35.2 Å². The van der Waals surface area contributed by atoms with Gasteiger partial charge in [-0.3, -0.25) is 0 Å². The van der Waals surface area contributed by atoms with Gasteiger partial charge in [-0.05, 0) is 17.5 Å². The molecule has 0 spiro atoms. The van der Waals surface area contributed by atoms with Gasteiger partial charge in [0.1, 0.15) is 0 Å². The molecule has 0 unspecified atom stereocenters. The molecule has 0 saturated heterocycles. The van der Waals surface area contributed by atoms with Crippen LogP contribution in [0.2, 0.25) is 0 Å². The Morgan fingerprint density at radius 2 is 1.86 bits per heavy atom. The Bertz CT molecular complexity index is 409. The summed E-state index contributed by atoms with van der Waals surface area (Å²) >= 11 is 18.9. The third kappa shape index (κ3) is 2.54. The molecule has 0 bridgehead atoms. The van der Waals surface area contributed by atoms with Gasteiger partial charge in [-0.1, -0.05) is 53.0 Å². The molecule has 0 aliphatic carbocycles. The molecule has 0 atom stereocenters. The molecular formula is C10H7Cl3S. The molecule has 74 valence electrons. The highest BCUT2D eigenvalue weighted by atomic mass is 35.6. The van der Waals surface area contributed by atoms with Crippen LogP contribution in [0.25, 0.3) is 10.1 Å². The molecular weight excluding hydrogens is 259 g/mol. The lowest BCUT2D eigenvalue weighted by atomic mass is 10.2. The van der Waals surface area contributed by atoms with Crippen LogP contribution in [0.3, 0.4) is 0 Å². The van der Waals surface area contributed by atoms with Crippen molar-refractivity contribution < 1.29 is 0 Å². The number of hydrogen-bond donors (Lipinski definition) is 0. The highest BCUT2D eigenvalue weighted by molar-refractivity contribution is 7.19. The van der Waals surface area contributed by atoms with Crippen LogP contribution in [-0.2, 0) is 6.42 Å². The summed E-state index contributed by atoms with van der Waals surface area (Å²) in [4.78, 5) is 1.10. The van der Waals surface area contributed by atoms with E-state index in [9.17, 15) is 0 Å². The molecule has 4 heteroatoms. The maximum absolute atomic E-state index is 5.73. The van der Waals surface area contributed by atoms with Gasteiger partial charge in [0.25, 0.3) is 0 Å². The highest BCUT2D eigenvalue weighted by Crippen LogP contribution is 2.35. The first-order valence-corrected chi connectivity index (χ1v) is 6.04. The average molecular weight is 266 g/mol. The van der Waals surface area contributed by atoms with E-state index in [4.69, 9.17) is 34.8 Å². The van der Waals surface area contributed by atoms with Crippen molar-refractivity contribution in [3.8, 4) is 0 Å². The molecule has 0 fully saturated rings. The van der Waals surface area contributed by atoms with E-state index in [0.29, 0.717) is 6.42 Å². The van der Waals surface area contributed by atoms with Gasteiger partial charge in [0.05, 0.1) is 0 Å². The maximum atomic E-state index is 5.73. The lowest BCUT2D eigenvalue weighted by Gasteiger charge is -2.07. The van der Waals surface area contributed by atoms with Gasteiger partial charge in [0, 0.05) is 16.0 Å². The van der Waals surface area contributed by atoms with Crippen LogP contribution >= 0.6 is 46.1 Å². The second-order valence-electron chi connectivity index (χ2n) is 3.04. The number of halogens is 3. The number of benzene rings is 1. The molecule has 0 radical (unpaired) electrons. The van der Waals surface area contributed by atoms with Crippen molar-refractivity contribution in [3.63, 3.8) is 0 Å². The summed E-state index contributed by atoms with van der Waals surface area (Å²) in [5.41, 5.74) is 0. The fourth-order valence-corrected chi connectivity index (χ4v) is 3.14. The first-order valence-electron chi connectivity index (χ1n) is 4.09. The van der Waals surface area contributed by atoms with Crippen molar-refractivity contribution in [2.75, 3.05) is 0 Å². The molecule has 1 aromatic heterocycles. The predicted molar refractivity (Wildman–Crippen MR) is 65.8 cm³/mol. The van der Waals surface area contributed by atoms with E-state index in [1.165, 1.54) is 10.1 Å². The molecule has 0 N–H and O–H groups in total. The van der Waals surface area contributed by atoms with Crippen LogP contribution < -0.4 is 0 Å². The molecule has 1 aromatic carbocycles. The summed E-state index contributed by atoms with van der Waals surface area (Å²) in [5, 5.41) is 1.21. The summed E-state index contributed by atoms with van der Waals surface area (Å²) < 4.78 is 0.0395. The lowest BCUT2D eigenvalue weighted by molar-refractivity contribution is 1.05. The summed E-state index contributed by atoms with van der Waals surface area (Å²) in [6.45, 7) is 0. The molecule has 1 heterocycles. The zero-order chi connectivity index (χ0) is 10.2. The smallest absolute Gasteiger partial charge is 0.140 e. The van der Waals surface area contributed by atoms with Crippen LogP contribution in [0.5, 0.6) is 0 Å². The minimum absolute atomic E-state index is 0.469. The van der Waals surface area contributed by atoms with Crippen molar-refractivity contribution in [1.29, 1.82) is 0 Å². The van der Waals surface area contributed by atoms with Crippen LogP contribution in [0.1, 0.15) is 4.88 Å². The Hall–Kier alpha value is 0.0500. The van der Waals surface area contributed by atoms with Crippen molar-refractivity contribution >= 4 is 56.2 Å². The normalized spacial score (nSPS) is 12.2. The van der Waals surface area contributed by atoms with Gasteiger partial charge in [-0.25, -0.2) is 0 Å². The fraction of sp³-hybridized carbons (Fsp3) is 0.200.